The van der Waals surface area contributed by atoms with E-state index in [9.17, 15) is 0 Å². The first-order valence-corrected chi connectivity index (χ1v) is 29.5. The molecule has 8 bridgehead atoms. The quantitative estimate of drug-likeness (QED) is 0.124. The third-order valence-electron chi connectivity index (χ3n) is 13.0. The summed E-state index contributed by atoms with van der Waals surface area (Å²) in [6.45, 7) is 4.54. The number of aromatic amines is 2. The highest BCUT2D eigenvalue weighted by molar-refractivity contribution is 8.42. The Labute approximate surface area is 444 Å². The average molecular weight is 1040 g/mol. The first-order valence-electron chi connectivity index (χ1n) is 24.3. The molecule has 0 saturated carbocycles. The number of nitrogens with one attached hydrogen (secondary N) is 3. The minimum absolute atomic E-state index is 0.363. The van der Waals surface area contributed by atoms with E-state index in [4.69, 9.17) is 15.0 Å². The Morgan fingerprint density at radius 1 is 0.486 bits per heavy atom. The van der Waals surface area contributed by atoms with Gasteiger partial charge < -0.3 is 15.3 Å². The van der Waals surface area contributed by atoms with Gasteiger partial charge in [-0.1, -0.05) is 182 Å². The topological polar surface area (TPSA) is 81.8 Å². The Morgan fingerprint density at radius 3 is 1.44 bits per heavy atom. The molecule has 13 rings (SSSR count). The SMILES string of the molecule is CCCSC1=C(SCCC)SC(=C2Sc3cc4c(cc3S2)NC2C(=N4)c3nc2c(-c2ccccc2)c2ccc([nH]2)c(-c2ccccc2)c2nc(c(-c4ccccc4)c4ccc([nH]4)c3-c3ccccc3)C=C2)S1. The molecule has 12 heteroatoms. The second kappa shape index (κ2) is 19.8. The van der Waals surface area contributed by atoms with E-state index in [2.05, 4.69) is 199 Å². The van der Waals surface area contributed by atoms with E-state index in [0.717, 1.165) is 118 Å². The molecule has 0 aliphatic carbocycles. The van der Waals surface area contributed by atoms with Crippen LogP contribution in [0.4, 0.5) is 11.4 Å². The maximum atomic E-state index is 5.86. The smallest absolute Gasteiger partial charge is 0.114 e. The molecular formula is C60H46N6S6. The zero-order valence-corrected chi connectivity index (χ0v) is 44.3. The summed E-state index contributed by atoms with van der Waals surface area (Å²) in [7, 11) is 0. The van der Waals surface area contributed by atoms with E-state index < -0.39 is 0 Å². The summed E-state index contributed by atoms with van der Waals surface area (Å²) in [5.74, 6) is 2.28. The zero-order valence-electron chi connectivity index (χ0n) is 39.4. The van der Waals surface area contributed by atoms with E-state index in [1.165, 1.54) is 39.6 Å². The number of thioether (sulfide) groups is 6. The van der Waals surface area contributed by atoms with Crippen LogP contribution in [0, 0.1) is 0 Å². The zero-order chi connectivity index (χ0) is 48.1. The van der Waals surface area contributed by atoms with Gasteiger partial charge in [0, 0.05) is 54.1 Å². The van der Waals surface area contributed by atoms with Gasteiger partial charge in [-0.2, -0.15) is 0 Å². The van der Waals surface area contributed by atoms with Gasteiger partial charge in [0.1, 0.15) is 6.04 Å². The summed E-state index contributed by atoms with van der Waals surface area (Å²) in [5, 5.41) is 4.09. The number of anilines is 1. The summed E-state index contributed by atoms with van der Waals surface area (Å²) in [6, 6.07) is 55.6. The number of aromatic nitrogens is 4. The Balaban J connectivity index is 1.07. The van der Waals surface area contributed by atoms with E-state index in [0.29, 0.717) is 0 Å². The number of hydrogen-bond acceptors (Lipinski definition) is 10. The molecule has 0 saturated heterocycles. The van der Waals surface area contributed by atoms with E-state index in [1.807, 2.05) is 70.6 Å². The number of nitrogens with zero attached hydrogens (tertiary/aromatic N) is 3. The van der Waals surface area contributed by atoms with Gasteiger partial charge >= 0.3 is 0 Å². The monoisotopic (exact) mass is 1040 g/mol. The van der Waals surface area contributed by atoms with Crippen molar-refractivity contribution in [2.75, 3.05) is 16.8 Å². The number of aliphatic imine (C=N–C) groups is 1. The first kappa shape index (κ1) is 45.8. The second-order valence-corrected chi connectivity index (χ2v) is 25.1. The molecule has 5 aliphatic rings. The van der Waals surface area contributed by atoms with Crippen molar-refractivity contribution in [3.8, 4) is 44.5 Å². The Bertz CT molecular complexity index is 3730. The van der Waals surface area contributed by atoms with Gasteiger partial charge in [-0.25, -0.2) is 15.0 Å². The number of rotatable bonds is 10. The molecule has 0 radical (unpaired) electrons. The average Bonchev–Trinajstić information content (AvgIpc) is 4.31. The lowest BCUT2D eigenvalue weighted by Crippen LogP contribution is -2.21. The highest BCUT2D eigenvalue weighted by atomic mass is 32.3. The van der Waals surface area contributed by atoms with Gasteiger partial charge in [-0.05, 0) is 95.2 Å². The number of fused-ring (bicyclic) bond motifs is 13. The van der Waals surface area contributed by atoms with Crippen molar-refractivity contribution in [2.45, 2.75) is 42.5 Å². The van der Waals surface area contributed by atoms with Crippen molar-refractivity contribution in [2.24, 2.45) is 4.99 Å². The van der Waals surface area contributed by atoms with Crippen molar-refractivity contribution >= 4 is 122 Å². The molecule has 8 heterocycles. The maximum Gasteiger partial charge on any atom is 0.114 e. The van der Waals surface area contributed by atoms with Crippen LogP contribution >= 0.6 is 70.6 Å². The number of benzene rings is 5. The fourth-order valence-electron chi connectivity index (χ4n) is 9.75. The molecule has 1 atom stereocenters. The predicted octanol–water partition coefficient (Wildman–Crippen LogP) is 18.7. The van der Waals surface area contributed by atoms with Crippen molar-refractivity contribution in [3.05, 3.63) is 197 Å². The lowest BCUT2D eigenvalue weighted by atomic mass is 9.95. The molecule has 5 aromatic carbocycles. The van der Waals surface area contributed by atoms with Gasteiger partial charge in [0.05, 0.1) is 56.8 Å². The molecule has 0 fully saturated rings. The summed E-state index contributed by atoms with van der Waals surface area (Å²) < 4.78 is 5.68. The van der Waals surface area contributed by atoms with Crippen molar-refractivity contribution < 1.29 is 0 Å². The molecule has 8 aromatic rings. The molecular weight excluding hydrogens is 997 g/mol. The molecule has 352 valence electrons. The first-order chi connectivity index (χ1) is 35.6. The predicted molar refractivity (Wildman–Crippen MR) is 317 cm³/mol. The fraction of sp³-hybridized carbons (Fsp3) is 0.117. The summed E-state index contributed by atoms with van der Waals surface area (Å²) in [6.07, 6.45) is 6.65. The highest BCUT2D eigenvalue weighted by Gasteiger charge is 2.38. The minimum atomic E-state index is -0.363. The third kappa shape index (κ3) is 8.49. The van der Waals surface area contributed by atoms with Crippen LogP contribution in [0.5, 0.6) is 0 Å². The van der Waals surface area contributed by atoms with Crippen molar-refractivity contribution in [1.29, 1.82) is 0 Å². The van der Waals surface area contributed by atoms with Crippen LogP contribution in [0.3, 0.4) is 0 Å². The largest absolute Gasteiger partial charge is 0.370 e. The van der Waals surface area contributed by atoms with Gasteiger partial charge in [-0.3, -0.25) is 0 Å². The summed E-state index contributed by atoms with van der Waals surface area (Å²) in [5.41, 5.74) is 18.4. The molecule has 6 nitrogen and oxygen atoms in total. The summed E-state index contributed by atoms with van der Waals surface area (Å²) in [4.78, 5) is 27.5. The Hall–Kier alpha value is -5.99. The highest BCUT2D eigenvalue weighted by Crippen LogP contribution is 2.65. The fourth-order valence-corrected chi connectivity index (χ4v) is 18.3. The lowest BCUT2D eigenvalue weighted by molar-refractivity contribution is 1.00. The normalized spacial score (nSPS) is 15.6. The molecule has 0 spiro atoms. The molecule has 3 N–H and O–H groups in total. The number of H-pyrrole nitrogens is 2. The second-order valence-electron chi connectivity index (χ2n) is 17.7. The van der Waals surface area contributed by atoms with Gasteiger partial charge in [-0.15, -0.1) is 23.5 Å². The molecule has 0 amide bonds. The maximum absolute atomic E-state index is 5.86. The van der Waals surface area contributed by atoms with Gasteiger partial charge in [0.25, 0.3) is 0 Å². The molecule has 1 unspecified atom stereocenters. The number of hydrogen-bond donors (Lipinski definition) is 3. The van der Waals surface area contributed by atoms with Crippen LogP contribution in [-0.2, 0) is 0 Å². The summed E-state index contributed by atoms with van der Waals surface area (Å²) >= 11 is 11.7. The molecule has 5 aliphatic heterocycles. The van der Waals surface area contributed by atoms with Crippen LogP contribution in [-0.4, -0.2) is 37.2 Å². The van der Waals surface area contributed by atoms with Gasteiger partial charge in [0.15, 0.2) is 0 Å². The minimum Gasteiger partial charge on any atom is -0.370 e. The van der Waals surface area contributed by atoms with Crippen LogP contribution in [0.2, 0.25) is 0 Å². The third-order valence-corrected chi connectivity index (χ3v) is 21.9. The Morgan fingerprint density at radius 2 is 0.931 bits per heavy atom. The van der Waals surface area contributed by atoms with Crippen LogP contribution in [0.1, 0.15) is 55.5 Å². The van der Waals surface area contributed by atoms with Crippen LogP contribution in [0.25, 0.3) is 78.7 Å². The van der Waals surface area contributed by atoms with Crippen LogP contribution in [0.15, 0.2) is 189 Å². The van der Waals surface area contributed by atoms with Gasteiger partial charge in [0.2, 0.25) is 0 Å². The van der Waals surface area contributed by atoms with Crippen LogP contribution < -0.4 is 5.32 Å². The standard InChI is InChI=1S/C60H46N6S6/c1-3-31-67-57-58(68-32-4-2)72-60(71-57)59-69-47-33-45-46(34-48(47)70-59)65-56-54-52(38-23-15-8-16-24-38)44-30-28-42(63-44)50(36-19-11-6-12-20-36)40-26-25-39(61-40)49(35-17-9-5-10-18-35)41-27-29-43(62-41)51(37-21-13-7-14-22-37)53(66-54)55(56)64-45/h5-30,33-34,55,62-64H,3-4,31-32H2,1-2H3. The van der Waals surface area contributed by atoms with E-state index in [-0.39, 0.29) is 6.04 Å². The molecule has 72 heavy (non-hydrogen) atoms. The van der Waals surface area contributed by atoms with Crippen molar-refractivity contribution in [3.63, 3.8) is 0 Å². The Kier molecular flexibility index (Phi) is 12.6. The van der Waals surface area contributed by atoms with E-state index >= 15 is 0 Å². The van der Waals surface area contributed by atoms with Crippen molar-refractivity contribution in [1.82, 2.24) is 19.9 Å². The lowest BCUT2D eigenvalue weighted by Gasteiger charge is -2.24. The molecule has 3 aromatic heterocycles. The van der Waals surface area contributed by atoms with E-state index in [1.54, 1.807) is 0 Å².